The average Bonchev–Trinajstić information content (AvgIpc) is 2.94. The molecule has 1 aliphatic heterocycles. The first-order chi connectivity index (χ1) is 6.92. The van der Waals surface area contributed by atoms with Crippen molar-refractivity contribution in [2.75, 3.05) is 13.2 Å². The molecule has 0 amide bonds. The van der Waals surface area contributed by atoms with Crippen LogP contribution in [0.2, 0.25) is 0 Å². The van der Waals surface area contributed by atoms with Gasteiger partial charge in [0.25, 0.3) is 0 Å². The summed E-state index contributed by atoms with van der Waals surface area (Å²) in [5.74, 6) is 0. The molecular formula is C10H9NO3. The quantitative estimate of drug-likeness (QED) is 0.691. The average molecular weight is 191 g/mol. The Labute approximate surface area is 80.4 Å². The summed E-state index contributed by atoms with van der Waals surface area (Å²) < 4.78 is 15.7. The van der Waals surface area contributed by atoms with Crippen LogP contribution in [0, 0.1) is 0 Å². The molecule has 0 aliphatic carbocycles. The number of para-hydroxylation sites is 2. The maximum atomic E-state index is 5.36. The van der Waals surface area contributed by atoms with E-state index < -0.39 is 0 Å². The van der Waals surface area contributed by atoms with E-state index in [1.807, 2.05) is 24.3 Å². The van der Waals surface area contributed by atoms with Crippen molar-refractivity contribution in [2.24, 2.45) is 0 Å². The molecule has 4 heteroatoms. The maximum Gasteiger partial charge on any atom is 0.394 e. The second-order valence-electron chi connectivity index (χ2n) is 3.21. The van der Waals surface area contributed by atoms with E-state index in [1.54, 1.807) is 0 Å². The van der Waals surface area contributed by atoms with E-state index in [0.29, 0.717) is 12.7 Å². The van der Waals surface area contributed by atoms with Crippen LogP contribution < -0.4 is 4.74 Å². The van der Waals surface area contributed by atoms with Gasteiger partial charge < -0.3 is 13.9 Å². The maximum absolute atomic E-state index is 5.36. The van der Waals surface area contributed by atoms with E-state index in [0.717, 1.165) is 17.7 Å². The van der Waals surface area contributed by atoms with Crippen LogP contribution in [0.5, 0.6) is 6.08 Å². The van der Waals surface area contributed by atoms with Crippen molar-refractivity contribution in [3.63, 3.8) is 0 Å². The number of hydrogen-bond donors (Lipinski definition) is 0. The first-order valence-electron chi connectivity index (χ1n) is 4.52. The van der Waals surface area contributed by atoms with Gasteiger partial charge in [0.15, 0.2) is 5.58 Å². The van der Waals surface area contributed by atoms with Crippen molar-refractivity contribution in [2.45, 2.75) is 6.10 Å². The Morgan fingerprint density at radius 1 is 1.43 bits per heavy atom. The van der Waals surface area contributed by atoms with Gasteiger partial charge in [0.05, 0.1) is 6.61 Å². The van der Waals surface area contributed by atoms with Crippen LogP contribution in [-0.4, -0.2) is 24.3 Å². The fourth-order valence-corrected chi connectivity index (χ4v) is 1.24. The standard InChI is InChI=1S/C10H9NO3/c1-2-4-9-8(3-1)11-10(14-9)13-6-7-5-12-7/h1-4,7H,5-6H2. The largest absolute Gasteiger partial charge is 0.447 e. The topological polar surface area (TPSA) is 47.8 Å². The smallest absolute Gasteiger partial charge is 0.394 e. The minimum atomic E-state index is 0.227. The Morgan fingerprint density at radius 3 is 3.07 bits per heavy atom. The number of rotatable bonds is 3. The number of nitrogens with zero attached hydrogens (tertiary/aromatic N) is 1. The van der Waals surface area contributed by atoms with Crippen LogP contribution >= 0.6 is 0 Å². The van der Waals surface area contributed by atoms with Gasteiger partial charge in [0, 0.05) is 0 Å². The van der Waals surface area contributed by atoms with Crippen LogP contribution in [0.1, 0.15) is 0 Å². The van der Waals surface area contributed by atoms with Gasteiger partial charge in [-0.1, -0.05) is 12.1 Å². The molecule has 0 saturated carbocycles. The summed E-state index contributed by atoms with van der Waals surface area (Å²) in [6.45, 7) is 1.30. The van der Waals surface area contributed by atoms with Crippen LogP contribution in [0.4, 0.5) is 0 Å². The van der Waals surface area contributed by atoms with E-state index >= 15 is 0 Å². The third kappa shape index (κ3) is 1.44. The highest BCUT2D eigenvalue weighted by molar-refractivity contribution is 5.72. The first kappa shape index (κ1) is 7.82. The predicted octanol–water partition coefficient (Wildman–Crippen LogP) is 1.61. The SMILES string of the molecule is c1ccc2oc(OCC3CO3)nc2c1. The molecule has 1 aromatic carbocycles. The summed E-state index contributed by atoms with van der Waals surface area (Å²) in [5, 5.41) is 0. The lowest BCUT2D eigenvalue weighted by atomic mass is 10.3. The Balaban J connectivity index is 1.82. The van der Waals surface area contributed by atoms with E-state index in [4.69, 9.17) is 13.9 Å². The highest BCUT2D eigenvalue weighted by atomic mass is 16.6. The minimum Gasteiger partial charge on any atom is -0.447 e. The molecule has 14 heavy (non-hydrogen) atoms. The Hall–Kier alpha value is -1.55. The number of aromatic nitrogens is 1. The van der Waals surface area contributed by atoms with Gasteiger partial charge >= 0.3 is 6.08 Å². The van der Waals surface area contributed by atoms with Gasteiger partial charge in [-0.15, -0.1) is 0 Å². The van der Waals surface area contributed by atoms with Gasteiger partial charge in [0.2, 0.25) is 0 Å². The third-order valence-corrected chi connectivity index (χ3v) is 2.07. The molecule has 2 aromatic rings. The van der Waals surface area contributed by atoms with E-state index in [-0.39, 0.29) is 6.10 Å². The Kier molecular flexibility index (Phi) is 1.67. The second-order valence-corrected chi connectivity index (χ2v) is 3.21. The molecule has 72 valence electrons. The van der Waals surface area contributed by atoms with Gasteiger partial charge in [0.1, 0.15) is 18.2 Å². The monoisotopic (exact) mass is 191 g/mol. The molecule has 3 rings (SSSR count). The molecule has 0 bridgehead atoms. The molecule has 1 fully saturated rings. The van der Waals surface area contributed by atoms with Crippen molar-refractivity contribution in [1.29, 1.82) is 0 Å². The normalized spacial score (nSPS) is 19.9. The number of epoxide rings is 1. The highest BCUT2D eigenvalue weighted by Gasteiger charge is 2.24. The van der Waals surface area contributed by atoms with Crippen LogP contribution in [0.25, 0.3) is 11.1 Å². The number of ether oxygens (including phenoxy) is 2. The molecule has 0 spiro atoms. The highest BCUT2D eigenvalue weighted by Crippen LogP contribution is 2.20. The van der Waals surface area contributed by atoms with Crippen molar-refractivity contribution < 1.29 is 13.9 Å². The summed E-state index contributed by atoms with van der Waals surface area (Å²) in [4.78, 5) is 4.17. The zero-order chi connectivity index (χ0) is 9.38. The fraction of sp³-hybridized carbons (Fsp3) is 0.300. The molecule has 0 N–H and O–H groups in total. The van der Waals surface area contributed by atoms with Crippen molar-refractivity contribution in [1.82, 2.24) is 4.98 Å². The Bertz CT molecular complexity index is 414. The lowest BCUT2D eigenvalue weighted by Gasteiger charge is -1.94. The fourth-order valence-electron chi connectivity index (χ4n) is 1.24. The lowest BCUT2D eigenvalue weighted by molar-refractivity contribution is 0.208. The Morgan fingerprint density at radius 2 is 2.29 bits per heavy atom. The molecule has 2 heterocycles. The molecule has 1 aliphatic rings. The third-order valence-electron chi connectivity index (χ3n) is 2.07. The molecule has 1 aromatic heterocycles. The van der Waals surface area contributed by atoms with Crippen molar-refractivity contribution in [3.8, 4) is 6.08 Å². The van der Waals surface area contributed by atoms with E-state index in [2.05, 4.69) is 4.98 Å². The summed E-state index contributed by atoms with van der Waals surface area (Å²) in [6.07, 6.45) is 0.548. The predicted molar refractivity (Wildman–Crippen MR) is 49.2 cm³/mol. The second kappa shape index (κ2) is 2.99. The molecule has 1 saturated heterocycles. The van der Waals surface area contributed by atoms with E-state index in [9.17, 15) is 0 Å². The molecule has 1 atom stereocenters. The molecule has 0 radical (unpaired) electrons. The zero-order valence-electron chi connectivity index (χ0n) is 7.47. The van der Waals surface area contributed by atoms with Crippen molar-refractivity contribution in [3.05, 3.63) is 24.3 Å². The molecular weight excluding hydrogens is 182 g/mol. The summed E-state index contributed by atoms with van der Waals surface area (Å²) in [5.41, 5.74) is 1.57. The van der Waals surface area contributed by atoms with Crippen molar-refractivity contribution >= 4 is 11.1 Å². The van der Waals surface area contributed by atoms with Gasteiger partial charge in [-0.05, 0) is 12.1 Å². The van der Waals surface area contributed by atoms with Crippen LogP contribution in [0.15, 0.2) is 28.7 Å². The lowest BCUT2D eigenvalue weighted by Crippen LogP contribution is -2.03. The molecule has 4 nitrogen and oxygen atoms in total. The van der Waals surface area contributed by atoms with Gasteiger partial charge in [-0.3, -0.25) is 0 Å². The summed E-state index contributed by atoms with van der Waals surface area (Å²) in [6, 6.07) is 7.57. The first-order valence-corrected chi connectivity index (χ1v) is 4.52. The number of oxazole rings is 1. The zero-order valence-corrected chi connectivity index (χ0v) is 7.47. The van der Waals surface area contributed by atoms with Crippen LogP contribution in [0.3, 0.4) is 0 Å². The summed E-state index contributed by atoms with van der Waals surface area (Å²) in [7, 11) is 0. The number of fused-ring (bicyclic) bond motifs is 1. The van der Waals surface area contributed by atoms with E-state index in [1.165, 1.54) is 0 Å². The van der Waals surface area contributed by atoms with Crippen LogP contribution in [-0.2, 0) is 4.74 Å². The number of benzene rings is 1. The molecule has 1 unspecified atom stereocenters. The van der Waals surface area contributed by atoms with Gasteiger partial charge in [-0.2, -0.15) is 4.98 Å². The van der Waals surface area contributed by atoms with Gasteiger partial charge in [-0.25, -0.2) is 0 Å². The summed E-state index contributed by atoms with van der Waals surface area (Å²) >= 11 is 0. The minimum absolute atomic E-state index is 0.227. The number of hydrogen-bond acceptors (Lipinski definition) is 4.